The van der Waals surface area contributed by atoms with Crippen LogP contribution in [0.15, 0.2) is 35.4 Å². The Balaban J connectivity index is 2.37. The molecule has 2 rings (SSSR count). The second-order valence-electron chi connectivity index (χ2n) is 3.53. The van der Waals surface area contributed by atoms with E-state index in [2.05, 4.69) is 10.1 Å². The van der Waals surface area contributed by atoms with E-state index >= 15 is 0 Å². The molecule has 2 aromatic rings. The molecule has 2 heterocycles. The Morgan fingerprint density at radius 1 is 1.39 bits per heavy atom. The minimum atomic E-state index is -1.24. The van der Waals surface area contributed by atoms with E-state index in [4.69, 9.17) is 5.11 Å². The molecule has 0 aliphatic carbocycles. The Morgan fingerprint density at radius 2 is 2.17 bits per heavy atom. The van der Waals surface area contributed by atoms with Gasteiger partial charge < -0.3 is 5.11 Å². The van der Waals surface area contributed by atoms with Gasteiger partial charge in [0.05, 0.1) is 12.7 Å². The van der Waals surface area contributed by atoms with Crippen LogP contribution in [-0.2, 0) is 6.54 Å². The highest BCUT2D eigenvalue weighted by Gasteiger charge is 2.08. The van der Waals surface area contributed by atoms with Crippen LogP contribution >= 0.6 is 0 Å². The molecule has 2 aromatic heterocycles. The molecule has 18 heavy (non-hydrogen) atoms. The summed E-state index contributed by atoms with van der Waals surface area (Å²) in [5, 5.41) is 12.4. The van der Waals surface area contributed by atoms with Gasteiger partial charge in [-0.3, -0.25) is 9.78 Å². The molecule has 0 saturated heterocycles. The topological polar surface area (TPSA) is 85.1 Å². The summed E-state index contributed by atoms with van der Waals surface area (Å²) in [5.74, 6) is -1.77. The Labute approximate surface area is 100 Å². The highest BCUT2D eigenvalue weighted by Crippen LogP contribution is 2.02. The molecule has 0 radical (unpaired) electrons. The number of nitrogens with zero attached hydrogens (tertiary/aromatic N) is 3. The van der Waals surface area contributed by atoms with Crippen molar-refractivity contribution in [2.75, 3.05) is 0 Å². The van der Waals surface area contributed by atoms with E-state index < -0.39 is 17.3 Å². The van der Waals surface area contributed by atoms with Crippen LogP contribution in [0.4, 0.5) is 4.39 Å². The number of rotatable bonds is 3. The van der Waals surface area contributed by atoms with Crippen LogP contribution in [0.2, 0.25) is 0 Å². The molecule has 0 spiro atoms. The summed E-state index contributed by atoms with van der Waals surface area (Å²) in [6, 6.07) is 3.42. The van der Waals surface area contributed by atoms with E-state index in [9.17, 15) is 14.0 Å². The first-order chi connectivity index (χ1) is 8.56. The fraction of sp³-hybridized carbons (Fsp3) is 0.0909. The Hall–Kier alpha value is -2.57. The zero-order chi connectivity index (χ0) is 13.1. The van der Waals surface area contributed by atoms with Gasteiger partial charge in [-0.1, -0.05) is 0 Å². The van der Waals surface area contributed by atoms with Crippen molar-refractivity contribution in [3.8, 4) is 0 Å². The van der Waals surface area contributed by atoms with Gasteiger partial charge >= 0.3 is 5.97 Å². The highest BCUT2D eigenvalue weighted by molar-refractivity contribution is 5.84. The monoisotopic (exact) mass is 249 g/mol. The lowest BCUT2D eigenvalue weighted by Crippen LogP contribution is -2.24. The average Bonchev–Trinajstić information content (AvgIpc) is 2.31. The zero-order valence-corrected chi connectivity index (χ0v) is 9.08. The molecule has 7 heteroatoms. The third kappa shape index (κ3) is 2.57. The maximum atomic E-state index is 12.9. The maximum Gasteiger partial charge on any atom is 0.356 e. The van der Waals surface area contributed by atoms with Gasteiger partial charge in [0.15, 0.2) is 5.69 Å². The van der Waals surface area contributed by atoms with E-state index in [0.29, 0.717) is 5.56 Å². The number of pyridine rings is 1. The summed E-state index contributed by atoms with van der Waals surface area (Å²) >= 11 is 0. The minimum absolute atomic E-state index is 0.0370. The lowest BCUT2D eigenvalue weighted by Gasteiger charge is -2.04. The molecular weight excluding hydrogens is 241 g/mol. The number of hydrogen-bond donors (Lipinski definition) is 1. The van der Waals surface area contributed by atoms with Crippen molar-refractivity contribution in [1.29, 1.82) is 0 Å². The van der Waals surface area contributed by atoms with Crippen LogP contribution in [0.3, 0.4) is 0 Å². The normalized spacial score (nSPS) is 10.3. The number of carboxylic acids is 1. The summed E-state index contributed by atoms with van der Waals surface area (Å²) in [6.45, 7) is -0.0370. The highest BCUT2D eigenvalue weighted by atomic mass is 19.1. The molecule has 0 amide bonds. The first-order valence-corrected chi connectivity index (χ1v) is 4.97. The Morgan fingerprint density at radius 3 is 2.83 bits per heavy atom. The van der Waals surface area contributed by atoms with Crippen LogP contribution in [0.5, 0.6) is 0 Å². The number of aromatic carboxylic acids is 1. The van der Waals surface area contributed by atoms with Crippen LogP contribution in [0.1, 0.15) is 16.1 Å². The van der Waals surface area contributed by atoms with E-state index in [-0.39, 0.29) is 12.2 Å². The lowest BCUT2D eigenvalue weighted by molar-refractivity contribution is 0.0687. The fourth-order valence-corrected chi connectivity index (χ4v) is 1.39. The summed E-state index contributed by atoms with van der Waals surface area (Å²) in [6.07, 6.45) is 2.41. The summed E-state index contributed by atoms with van der Waals surface area (Å²) in [7, 11) is 0. The lowest BCUT2D eigenvalue weighted by atomic mass is 10.3. The van der Waals surface area contributed by atoms with Gasteiger partial charge in [0.25, 0.3) is 5.56 Å². The molecular formula is C11H8FN3O3. The molecule has 0 aromatic carbocycles. The molecule has 0 aliphatic rings. The quantitative estimate of drug-likeness (QED) is 0.857. The molecule has 1 N–H and O–H groups in total. The summed E-state index contributed by atoms with van der Waals surface area (Å²) < 4.78 is 13.9. The smallest absolute Gasteiger partial charge is 0.356 e. The van der Waals surface area contributed by atoms with Gasteiger partial charge in [-0.15, -0.1) is 0 Å². The Bertz CT molecular complexity index is 654. The van der Waals surface area contributed by atoms with Gasteiger partial charge in [-0.05, 0) is 17.7 Å². The SMILES string of the molecule is O=C(O)c1ccc(=O)n(Cc2cncc(F)c2)n1. The van der Waals surface area contributed by atoms with Crippen molar-refractivity contribution in [2.24, 2.45) is 0 Å². The van der Waals surface area contributed by atoms with Crippen LogP contribution in [0, 0.1) is 5.82 Å². The average molecular weight is 249 g/mol. The van der Waals surface area contributed by atoms with Crippen molar-refractivity contribution in [2.45, 2.75) is 6.54 Å². The predicted molar refractivity (Wildman–Crippen MR) is 58.8 cm³/mol. The van der Waals surface area contributed by atoms with Crippen molar-refractivity contribution in [3.05, 3.63) is 58.0 Å². The third-order valence-corrected chi connectivity index (χ3v) is 2.18. The summed E-state index contributed by atoms with van der Waals surface area (Å²) in [4.78, 5) is 25.8. The van der Waals surface area contributed by atoms with E-state index in [1.54, 1.807) is 0 Å². The number of carboxylic acid groups (broad SMARTS) is 1. The van der Waals surface area contributed by atoms with Crippen LogP contribution in [0.25, 0.3) is 0 Å². The van der Waals surface area contributed by atoms with Crippen LogP contribution in [-0.4, -0.2) is 25.8 Å². The predicted octanol–water partition coefficient (Wildman–Crippen LogP) is 0.524. The van der Waals surface area contributed by atoms with Crippen molar-refractivity contribution in [3.63, 3.8) is 0 Å². The van der Waals surface area contributed by atoms with Crippen molar-refractivity contribution >= 4 is 5.97 Å². The van der Waals surface area contributed by atoms with Gasteiger partial charge in [0.2, 0.25) is 0 Å². The van der Waals surface area contributed by atoms with Crippen LogP contribution < -0.4 is 5.56 Å². The minimum Gasteiger partial charge on any atom is -0.476 e. The first kappa shape index (κ1) is 11.9. The van der Waals surface area contributed by atoms with Crippen molar-refractivity contribution < 1.29 is 14.3 Å². The number of carbonyl (C=O) groups is 1. The Kier molecular flexibility index (Phi) is 3.13. The van der Waals surface area contributed by atoms with Crippen molar-refractivity contribution in [1.82, 2.24) is 14.8 Å². The van der Waals surface area contributed by atoms with E-state index in [1.807, 2.05) is 0 Å². The number of hydrogen-bond acceptors (Lipinski definition) is 4. The fourth-order valence-electron chi connectivity index (χ4n) is 1.39. The molecule has 6 nitrogen and oxygen atoms in total. The van der Waals surface area contributed by atoms with Gasteiger partial charge in [0.1, 0.15) is 5.82 Å². The van der Waals surface area contributed by atoms with E-state index in [0.717, 1.165) is 23.0 Å². The molecule has 0 aliphatic heterocycles. The molecule has 92 valence electrons. The second kappa shape index (κ2) is 4.74. The standard InChI is InChI=1S/C11H8FN3O3/c12-8-3-7(4-13-5-8)6-15-10(16)2-1-9(14-15)11(17)18/h1-5H,6H2,(H,17,18). The van der Waals surface area contributed by atoms with Gasteiger partial charge in [-0.2, -0.15) is 5.10 Å². The molecule has 0 unspecified atom stereocenters. The number of aromatic nitrogens is 3. The second-order valence-corrected chi connectivity index (χ2v) is 3.53. The largest absolute Gasteiger partial charge is 0.476 e. The molecule has 0 fully saturated rings. The van der Waals surface area contributed by atoms with Gasteiger partial charge in [-0.25, -0.2) is 13.9 Å². The zero-order valence-electron chi connectivity index (χ0n) is 9.08. The number of halogens is 1. The maximum absolute atomic E-state index is 12.9. The van der Waals surface area contributed by atoms with Gasteiger partial charge in [0, 0.05) is 12.3 Å². The first-order valence-electron chi connectivity index (χ1n) is 4.97. The summed E-state index contributed by atoms with van der Waals surface area (Å²) in [5.41, 5.74) is -0.296. The van der Waals surface area contributed by atoms with E-state index in [1.165, 1.54) is 12.3 Å². The molecule has 0 bridgehead atoms. The third-order valence-electron chi connectivity index (χ3n) is 2.18. The molecule has 0 atom stereocenters. The molecule has 0 saturated carbocycles.